The smallest absolute Gasteiger partial charge is 0.371 e. The number of carboxylic acid groups (broad SMARTS) is 1. The Kier molecular flexibility index (Phi) is 3.03. The lowest BCUT2D eigenvalue weighted by molar-refractivity contribution is -0.384. The number of furan rings is 1. The highest BCUT2D eigenvalue weighted by Crippen LogP contribution is 2.33. The van der Waals surface area contributed by atoms with Crippen molar-refractivity contribution in [1.29, 1.82) is 0 Å². The van der Waals surface area contributed by atoms with Crippen LogP contribution in [0.25, 0.3) is 11.3 Å². The summed E-state index contributed by atoms with van der Waals surface area (Å²) in [5, 5.41) is 19.8. The lowest BCUT2D eigenvalue weighted by Crippen LogP contribution is -1.93. The zero-order chi connectivity index (χ0) is 13.3. The molecule has 0 unspecified atom stereocenters. The minimum atomic E-state index is -1.24. The van der Waals surface area contributed by atoms with Crippen LogP contribution in [0.1, 0.15) is 10.6 Å². The highest BCUT2D eigenvalue weighted by atomic mass is 35.5. The third kappa shape index (κ3) is 2.18. The fraction of sp³-hybridized carbons (Fsp3) is 0. The molecule has 0 spiro atoms. The first-order valence-corrected chi connectivity index (χ1v) is 5.14. The van der Waals surface area contributed by atoms with Crippen molar-refractivity contribution in [3.8, 4) is 11.3 Å². The highest BCUT2D eigenvalue weighted by Gasteiger charge is 2.19. The number of nitro benzene ring substituents is 1. The first-order chi connectivity index (χ1) is 8.49. The van der Waals surface area contributed by atoms with Gasteiger partial charge in [0.1, 0.15) is 5.76 Å². The summed E-state index contributed by atoms with van der Waals surface area (Å²) in [5.74, 6) is -1.41. The van der Waals surface area contributed by atoms with Crippen LogP contribution in [-0.4, -0.2) is 16.0 Å². The molecule has 1 aromatic heterocycles. The number of rotatable bonds is 3. The molecule has 0 fully saturated rings. The van der Waals surface area contributed by atoms with Crippen LogP contribution < -0.4 is 0 Å². The second-order valence-electron chi connectivity index (χ2n) is 3.39. The standard InChI is InChI=1S/C11H6ClNO5/c12-6-1-2-7(8(5-6)13(16)17)9-3-4-10(18-9)11(14)15/h1-5H,(H,14,15). The number of nitro groups is 1. The zero-order valence-electron chi connectivity index (χ0n) is 8.79. The van der Waals surface area contributed by atoms with Gasteiger partial charge in [0.15, 0.2) is 0 Å². The molecule has 7 heteroatoms. The van der Waals surface area contributed by atoms with Crippen LogP contribution in [0.15, 0.2) is 34.7 Å². The second-order valence-corrected chi connectivity index (χ2v) is 3.82. The van der Waals surface area contributed by atoms with Crippen molar-refractivity contribution in [2.24, 2.45) is 0 Å². The molecule has 18 heavy (non-hydrogen) atoms. The van der Waals surface area contributed by atoms with Gasteiger partial charge in [-0.1, -0.05) is 11.6 Å². The predicted octanol–water partition coefficient (Wildman–Crippen LogP) is 3.21. The molecule has 0 aliphatic carbocycles. The minimum absolute atomic E-state index is 0.107. The molecule has 0 saturated carbocycles. The van der Waals surface area contributed by atoms with Crippen molar-refractivity contribution in [1.82, 2.24) is 0 Å². The fourth-order valence-electron chi connectivity index (χ4n) is 1.46. The van der Waals surface area contributed by atoms with Crippen LogP contribution in [-0.2, 0) is 0 Å². The van der Waals surface area contributed by atoms with Gasteiger partial charge in [0.25, 0.3) is 5.69 Å². The molecule has 1 N–H and O–H groups in total. The van der Waals surface area contributed by atoms with Crippen LogP contribution in [0.3, 0.4) is 0 Å². The van der Waals surface area contributed by atoms with E-state index in [4.69, 9.17) is 21.1 Å². The molecule has 0 bridgehead atoms. The van der Waals surface area contributed by atoms with Gasteiger partial charge in [-0.15, -0.1) is 0 Å². The first kappa shape index (κ1) is 12.1. The molecule has 0 aliphatic rings. The number of aromatic carboxylic acids is 1. The summed E-state index contributed by atoms with van der Waals surface area (Å²) in [6.45, 7) is 0. The van der Waals surface area contributed by atoms with E-state index in [-0.39, 0.29) is 27.8 Å². The number of halogens is 1. The van der Waals surface area contributed by atoms with Crippen molar-refractivity contribution in [2.45, 2.75) is 0 Å². The summed E-state index contributed by atoms with van der Waals surface area (Å²) < 4.78 is 5.01. The summed E-state index contributed by atoms with van der Waals surface area (Å²) in [5.41, 5.74) is -0.0642. The molecule has 6 nitrogen and oxygen atoms in total. The number of benzene rings is 1. The Morgan fingerprint density at radius 3 is 2.61 bits per heavy atom. The molecule has 0 aliphatic heterocycles. The molecular weight excluding hydrogens is 262 g/mol. The Balaban J connectivity index is 2.55. The van der Waals surface area contributed by atoms with Gasteiger partial charge < -0.3 is 9.52 Å². The Labute approximate surface area is 106 Å². The molecule has 0 saturated heterocycles. The van der Waals surface area contributed by atoms with Crippen molar-refractivity contribution in [3.63, 3.8) is 0 Å². The summed E-state index contributed by atoms with van der Waals surface area (Å²) in [7, 11) is 0. The molecule has 1 aromatic carbocycles. The van der Waals surface area contributed by atoms with E-state index in [1.54, 1.807) is 0 Å². The van der Waals surface area contributed by atoms with E-state index >= 15 is 0 Å². The maximum atomic E-state index is 10.9. The van der Waals surface area contributed by atoms with Crippen molar-refractivity contribution < 1.29 is 19.2 Å². The molecule has 0 radical (unpaired) electrons. The first-order valence-electron chi connectivity index (χ1n) is 4.76. The van der Waals surface area contributed by atoms with E-state index < -0.39 is 10.9 Å². The lowest BCUT2D eigenvalue weighted by Gasteiger charge is -2.00. The summed E-state index contributed by atoms with van der Waals surface area (Å²) in [6, 6.07) is 6.65. The molecule has 0 amide bonds. The van der Waals surface area contributed by atoms with Crippen molar-refractivity contribution >= 4 is 23.3 Å². The average Bonchev–Trinajstić information content (AvgIpc) is 2.78. The number of carbonyl (C=O) groups is 1. The lowest BCUT2D eigenvalue weighted by atomic mass is 10.1. The van der Waals surface area contributed by atoms with E-state index in [2.05, 4.69) is 0 Å². The summed E-state index contributed by atoms with van der Waals surface area (Å²) in [4.78, 5) is 20.9. The van der Waals surface area contributed by atoms with Crippen LogP contribution in [0.4, 0.5) is 5.69 Å². The molecule has 2 aromatic rings. The predicted molar refractivity (Wildman–Crippen MR) is 62.8 cm³/mol. The number of hydrogen-bond donors (Lipinski definition) is 1. The Morgan fingerprint density at radius 1 is 1.33 bits per heavy atom. The summed E-state index contributed by atoms with van der Waals surface area (Å²) >= 11 is 5.67. The molecule has 2 rings (SSSR count). The molecular formula is C11H6ClNO5. The van der Waals surface area contributed by atoms with Gasteiger partial charge in [-0.25, -0.2) is 4.79 Å². The van der Waals surface area contributed by atoms with Crippen molar-refractivity contribution in [2.75, 3.05) is 0 Å². The topological polar surface area (TPSA) is 93.6 Å². The van der Waals surface area contributed by atoms with E-state index in [9.17, 15) is 14.9 Å². The monoisotopic (exact) mass is 267 g/mol. The zero-order valence-corrected chi connectivity index (χ0v) is 9.55. The fourth-order valence-corrected chi connectivity index (χ4v) is 1.63. The van der Waals surface area contributed by atoms with E-state index in [0.29, 0.717) is 0 Å². The van der Waals surface area contributed by atoms with Gasteiger partial charge in [-0.3, -0.25) is 10.1 Å². The van der Waals surface area contributed by atoms with Crippen LogP contribution in [0.2, 0.25) is 5.02 Å². The third-order valence-corrected chi connectivity index (χ3v) is 2.47. The van der Waals surface area contributed by atoms with E-state index in [1.807, 2.05) is 0 Å². The number of carboxylic acids is 1. The van der Waals surface area contributed by atoms with Gasteiger partial charge in [0.05, 0.1) is 10.5 Å². The van der Waals surface area contributed by atoms with Gasteiger partial charge >= 0.3 is 5.97 Å². The maximum Gasteiger partial charge on any atom is 0.371 e. The quantitative estimate of drug-likeness (QED) is 0.681. The van der Waals surface area contributed by atoms with Crippen LogP contribution in [0, 0.1) is 10.1 Å². The van der Waals surface area contributed by atoms with Gasteiger partial charge in [0, 0.05) is 11.1 Å². The SMILES string of the molecule is O=C(O)c1ccc(-c2ccc(Cl)cc2[N+](=O)[O-])o1. The Bertz CT molecular complexity index is 634. The second kappa shape index (κ2) is 4.50. The summed E-state index contributed by atoms with van der Waals surface area (Å²) in [6.07, 6.45) is 0. The number of hydrogen-bond acceptors (Lipinski definition) is 4. The third-order valence-electron chi connectivity index (χ3n) is 2.24. The van der Waals surface area contributed by atoms with Crippen LogP contribution in [0.5, 0.6) is 0 Å². The van der Waals surface area contributed by atoms with E-state index in [0.717, 1.165) is 0 Å². The average molecular weight is 268 g/mol. The molecule has 0 atom stereocenters. The van der Waals surface area contributed by atoms with Crippen molar-refractivity contribution in [3.05, 3.63) is 51.2 Å². The van der Waals surface area contributed by atoms with Gasteiger partial charge in [-0.05, 0) is 24.3 Å². The maximum absolute atomic E-state index is 10.9. The molecule has 92 valence electrons. The number of nitrogens with zero attached hydrogens (tertiary/aromatic N) is 1. The van der Waals surface area contributed by atoms with E-state index in [1.165, 1.54) is 30.3 Å². The molecule has 1 heterocycles. The largest absolute Gasteiger partial charge is 0.475 e. The van der Waals surface area contributed by atoms with Gasteiger partial charge in [0.2, 0.25) is 5.76 Å². The Morgan fingerprint density at radius 2 is 2.06 bits per heavy atom. The normalized spacial score (nSPS) is 10.3. The Hall–Kier alpha value is -2.34. The van der Waals surface area contributed by atoms with Gasteiger partial charge in [-0.2, -0.15) is 0 Å². The minimum Gasteiger partial charge on any atom is -0.475 e. The highest BCUT2D eigenvalue weighted by molar-refractivity contribution is 6.30. The van der Waals surface area contributed by atoms with Crippen LogP contribution >= 0.6 is 11.6 Å².